The van der Waals surface area contributed by atoms with Crippen LogP contribution in [0.4, 0.5) is 0 Å². The van der Waals surface area contributed by atoms with E-state index in [1.807, 2.05) is 0 Å². The molecule has 0 bridgehead atoms. The highest BCUT2D eigenvalue weighted by Crippen LogP contribution is 2.19. The van der Waals surface area contributed by atoms with E-state index in [4.69, 9.17) is 10.5 Å². The Balaban J connectivity index is 1.73. The molecule has 0 aromatic carbocycles. The number of likely N-dealkylation sites (tertiary alicyclic amines) is 1. The Morgan fingerprint density at radius 2 is 2.18 bits per heavy atom. The molecule has 2 atom stereocenters. The minimum Gasteiger partial charge on any atom is -0.381 e. The fourth-order valence-electron chi connectivity index (χ4n) is 3.06. The molecule has 0 aromatic rings. The van der Waals surface area contributed by atoms with Crippen molar-refractivity contribution in [2.24, 2.45) is 11.7 Å². The van der Waals surface area contributed by atoms with Gasteiger partial charge in [0.1, 0.15) is 0 Å². The molecule has 0 aliphatic carbocycles. The Labute approximate surface area is 105 Å². The summed E-state index contributed by atoms with van der Waals surface area (Å²) in [6.45, 7) is 7.47. The van der Waals surface area contributed by atoms with Gasteiger partial charge in [-0.05, 0) is 39.4 Å². The predicted octanol–water partition coefficient (Wildman–Crippen LogP) is 0.378. The Kier molecular flexibility index (Phi) is 5.22. The molecule has 2 fully saturated rings. The standard InChI is InChI=1S/C13H27N3O/c1-15(7-8-16-5-2-3-6-16)13(10-14)12-4-9-17-11-12/h12-13H,2-11,14H2,1H3. The summed E-state index contributed by atoms with van der Waals surface area (Å²) in [5, 5.41) is 0. The van der Waals surface area contributed by atoms with E-state index < -0.39 is 0 Å². The minimum atomic E-state index is 0.500. The molecule has 2 aliphatic heterocycles. The summed E-state index contributed by atoms with van der Waals surface area (Å²) in [7, 11) is 2.21. The van der Waals surface area contributed by atoms with E-state index in [1.54, 1.807) is 0 Å². The Morgan fingerprint density at radius 1 is 1.41 bits per heavy atom. The molecule has 0 spiro atoms. The highest BCUT2D eigenvalue weighted by molar-refractivity contribution is 4.82. The van der Waals surface area contributed by atoms with Crippen molar-refractivity contribution in [2.75, 3.05) is 53.0 Å². The van der Waals surface area contributed by atoms with Crippen LogP contribution in [0, 0.1) is 5.92 Å². The van der Waals surface area contributed by atoms with Crippen molar-refractivity contribution < 1.29 is 4.74 Å². The average Bonchev–Trinajstić information content (AvgIpc) is 3.00. The SMILES string of the molecule is CN(CCN1CCCC1)C(CN)C1CCOC1. The molecule has 0 aromatic heterocycles. The number of hydrogen-bond acceptors (Lipinski definition) is 4. The molecule has 17 heavy (non-hydrogen) atoms. The second kappa shape index (κ2) is 6.69. The summed E-state index contributed by atoms with van der Waals surface area (Å²) in [5.74, 6) is 0.642. The van der Waals surface area contributed by atoms with Crippen LogP contribution in [0.2, 0.25) is 0 Å². The molecular formula is C13H27N3O. The molecule has 2 saturated heterocycles. The van der Waals surface area contributed by atoms with Gasteiger partial charge in [0, 0.05) is 38.2 Å². The van der Waals surface area contributed by atoms with E-state index >= 15 is 0 Å². The van der Waals surface area contributed by atoms with E-state index in [2.05, 4.69) is 16.8 Å². The first-order valence-corrected chi connectivity index (χ1v) is 7.01. The van der Waals surface area contributed by atoms with Gasteiger partial charge in [0.15, 0.2) is 0 Å². The van der Waals surface area contributed by atoms with Gasteiger partial charge in [-0.15, -0.1) is 0 Å². The van der Waals surface area contributed by atoms with Crippen LogP contribution in [0.15, 0.2) is 0 Å². The van der Waals surface area contributed by atoms with Crippen molar-refractivity contribution in [3.05, 3.63) is 0 Å². The molecular weight excluding hydrogens is 214 g/mol. The Morgan fingerprint density at radius 3 is 2.76 bits per heavy atom. The lowest BCUT2D eigenvalue weighted by molar-refractivity contribution is 0.132. The lowest BCUT2D eigenvalue weighted by atomic mass is 9.98. The third-order valence-electron chi connectivity index (χ3n) is 4.28. The van der Waals surface area contributed by atoms with Crippen molar-refractivity contribution in [1.82, 2.24) is 9.80 Å². The van der Waals surface area contributed by atoms with Crippen LogP contribution in [0.5, 0.6) is 0 Å². The molecule has 0 amide bonds. The van der Waals surface area contributed by atoms with Crippen molar-refractivity contribution >= 4 is 0 Å². The maximum Gasteiger partial charge on any atom is 0.0510 e. The maximum atomic E-state index is 5.93. The third-order valence-corrected chi connectivity index (χ3v) is 4.28. The van der Waals surface area contributed by atoms with E-state index in [9.17, 15) is 0 Å². The lowest BCUT2D eigenvalue weighted by Gasteiger charge is -2.32. The smallest absolute Gasteiger partial charge is 0.0510 e. The third kappa shape index (κ3) is 3.65. The first-order valence-electron chi connectivity index (χ1n) is 7.01. The number of likely N-dealkylation sites (N-methyl/N-ethyl adjacent to an activating group) is 1. The summed E-state index contributed by atoms with van der Waals surface area (Å²) in [6.07, 6.45) is 3.93. The predicted molar refractivity (Wildman–Crippen MR) is 70.1 cm³/mol. The van der Waals surface area contributed by atoms with Crippen LogP contribution >= 0.6 is 0 Å². The zero-order chi connectivity index (χ0) is 12.1. The van der Waals surface area contributed by atoms with Crippen molar-refractivity contribution in [1.29, 1.82) is 0 Å². The summed E-state index contributed by atoms with van der Waals surface area (Å²) in [4.78, 5) is 5.01. The molecule has 0 saturated carbocycles. The van der Waals surface area contributed by atoms with Crippen molar-refractivity contribution in [2.45, 2.75) is 25.3 Å². The van der Waals surface area contributed by atoms with Crippen LogP contribution in [-0.4, -0.2) is 68.8 Å². The van der Waals surface area contributed by atoms with Crippen LogP contribution in [0.25, 0.3) is 0 Å². The first-order chi connectivity index (χ1) is 8.31. The molecule has 2 unspecified atom stereocenters. The second-order valence-electron chi connectivity index (χ2n) is 5.46. The van der Waals surface area contributed by atoms with Crippen LogP contribution in [0.3, 0.4) is 0 Å². The van der Waals surface area contributed by atoms with Gasteiger partial charge >= 0.3 is 0 Å². The number of nitrogens with two attached hydrogens (primary N) is 1. The van der Waals surface area contributed by atoms with Gasteiger partial charge in [-0.1, -0.05) is 0 Å². The monoisotopic (exact) mass is 241 g/mol. The molecule has 2 N–H and O–H groups in total. The zero-order valence-electron chi connectivity index (χ0n) is 11.1. The van der Waals surface area contributed by atoms with E-state index in [0.717, 1.165) is 26.3 Å². The van der Waals surface area contributed by atoms with Gasteiger partial charge in [-0.25, -0.2) is 0 Å². The maximum absolute atomic E-state index is 5.93. The van der Waals surface area contributed by atoms with Crippen molar-refractivity contribution in [3.63, 3.8) is 0 Å². The highest BCUT2D eigenvalue weighted by Gasteiger charge is 2.27. The topological polar surface area (TPSA) is 41.7 Å². The highest BCUT2D eigenvalue weighted by atomic mass is 16.5. The fourth-order valence-corrected chi connectivity index (χ4v) is 3.06. The quantitative estimate of drug-likeness (QED) is 0.730. The van der Waals surface area contributed by atoms with Crippen LogP contribution < -0.4 is 5.73 Å². The van der Waals surface area contributed by atoms with Crippen LogP contribution in [-0.2, 0) is 4.74 Å². The summed E-state index contributed by atoms with van der Waals surface area (Å²) in [6, 6.07) is 0.500. The minimum absolute atomic E-state index is 0.500. The molecule has 2 aliphatic rings. The van der Waals surface area contributed by atoms with Gasteiger partial charge in [-0.2, -0.15) is 0 Å². The summed E-state index contributed by atoms with van der Waals surface area (Å²) < 4.78 is 5.48. The summed E-state index contributed by atoms with van der Waals surface area (Å²) >= 11 is 0. The number of nitrogens with zero attached hydrogens (tertiary/aromatic N) is 2. The number of hydrogen-bond donors (Lipinski definition) is 1. The average molecular weight is 241 g/mol. The lowest BCUT2D eigenvalue weighted by Crippen LogP contribution is -2.46. The van der Waals surface area contributed by atoms with Crippen molar-refractivity contribution in [3.8, 4) is 0 Å². The molecule has 100 valence electrons. The van der Waals surface area contributed by atoms with Gasteiger partial charge < -0.3 is 20.3 Å². The van der Waals surface area contributed by atoms with Gasteiger partial charge in [0.25, 0.3) is 0 Å². The van der Waals surface area contributed by atoms with E-state index in [0.29, 0.717) is 12.0 Å². The van der Waals surface area contributed by atoms with Gasteiger partial charge in [0.2, 0.25) is 0 Å². The van der Waals surface area contributed by atoms with Gasteiger partial charge in [-0.3, -0.25) is 0 Å². The second-order valence-corrected chi connectivity index (χ2v) is 5.46. The molecule has 2 heterocycles. The van der Waals surface area contributed by atoms with Crippen LogP contribution in [0.1, 0.15) is 19.3 Å². The zero-order valence-corrected chi connectivity index (χ0v) is 11.1. The molecule has 4 nitrogen and oxygen atoms in total. The normalized spacial score (nSPS) is 28.1. The molecule has 2 rings (SSSR count). The first kappa shape index (κ1) is 13.3. The van der Waals surface area contributed by atoms with E-state index in [-0.39, 0.29) is 0 Å². The Bertz CT molecular complexity index is 213. The largest absolute Gasteiger partial charge is 0.381 e. The summed E-state index contributed by atoms with van der Waals surface area (Å²) in [5.41, 5.74) is 5.93. The number of rotatable bonds is 6. The molecule has 4 heteroatoms. The van der Waals surface area contributed by atoms with Gasteiger partial charge in [0.05, 0.1) is 6.61 Å². The number of ether oxygens (including phenoxy) is 1. The fraction of sp³-hybridized carbons (Fsp3) is 1.00. The van der Waals surface area contributed by atoms with E-state index in [1.165, 1.54) is 38.9 Å². The Hall–Kier alpha value is -0.160. The molecule has 0 radical (unpaired) electrons.